The van der Waals surface area contributed by atoms with Crippen LogP contribution < -0.4 is 20.1 Å². The Morgan fingerprint density at radius 3 is 2.58 bits per heavy atom. The lowest BCUT2D eigenvalue weighted by Crippen LogP contribution is -2.27. The zero-order chi connectivity index (χ0) is 14.0. The molecule has 0 spiro atoms. The largest absolute Gasteiger partial charge is 0.496 e. The molecule has 1 heterocycles. The molecule has 1 unspecified atom stereocenters. The molecule has 1 aromatic rings. The fourth-order valence-corrected chi connectivity index (χ4v) is 2.09. The lowest BCUT2D eigenvalue weighted by Gasteiger charge is -2.18. The standard InChI is InChI=1S/C13H18N2O4/c1-8-4-12(18-3)10(5-11(8)17-2)15-7-9(6-14)19-13(15)16/h4-5,9H,6-7,14H2,1-3H3. The summed E-state index contributed by atoms with van der Waals surface area (Å²) in [6, 6.07) is 3.60. The zero-order valence-electron chi connectivity index (χ0n) is 11.3. The Hall–Kier alpha value is -1.95. The summed E-state index contributed by atoms with van der Waals surface area (Å²) in [5.41, 5.74) is 7.09. The Balaban J connectivity index is 2.40. The van der Waals surface area contributed by atoms with E-state index in [9.17, 15) is 4.79 Å². The Kier molecular flexibility index (Phi) is 3.80. The molecule has 0 radical (unpaired) electrons. The van der Waals surface area contributed by atoms with Crippen LogP contribution in [0.15, 0.2) is 12.1 Å². The molecule has 0 saturated carbocycles. The van der Waals surface area contributed by atoms with Crippen LogP contribution in [0.2, 0.25) is 0 Å². The maximum absolute atomic E-state index is 11.8. The summed E-state index contributed by atoms with van der Waals surface area (Å²) in [5.74, 6) is 1.30. The fraction of sp³-hybridized carbons (Fsp3) is 0.462. The van der Waals surface area contributed by atoms with Gasteiger partial charge in [-0.15, -0.1) is 0 Å². The van der Waals surface area contributed by atoms with Gasteiger partial charge in [0.15, 0.2) is 0 Å². The summed E-state index contributed by atoms with van der Waals surface area (Å²) in [7, 11) is 3.15. The molecular weight excluding hydrogens is 248 g/mol. The number of benzene rings is 1. The first kappa shape index (κ1) is 13.5. The van der Waals surface area contributed by atoms with Gasteiger partial charge in [0.1, 0.15) is 17.6 Å². The Morgan fingerprint density at radius 1 is 1.37 bits per heavy atom. The maximum atomic E-state index is 11.8. The molecule has 0 aromatic heterocycles. The molecule has 2 rings (SSSR count). The van der Waals surface area contributed by atoms with Crippen molar-refractivity contribution in [2.75, 3.05) is 32.2 Å². The first-order valence-electron chi connectivity index (χ1n) is 6.01. The number of nitrogens with zero attached hydrogens (tertiary/aromatic N) is 1. The number of aryl methyl sites for hydroxylation is 1. The number of hydrogen-bond donors (Lipinski definition) is 1. The molecule has 2 N–H and O–H groups in total. The number of rotatable bonds is 4. The van der Waals surface area contributed by atoms with Crippen LogP contribution in [0.1, 0.15) is 5.56 Å². The molecule has 1 aliphatic rings. The fourth-order valence-electron chi connectivity index (χ4n) is 2.09. The van der Waals surface area contributed by atoms with Gasteiger partial charge in [-0.1, -0.05) is 0 Å². The van der Waals surface area contributed by atoms with Gasteiger partial charge in [-0.2, -0.15) is 0 Å². The highest BCUT2D eigenvalue weighted by molar-refractivity contribution is 5.92. The molecule has 1 fully saturated rings. The number of carbonyl (C=O) groups is 1. The van der Waals surface area contributed by atoms with Crippen molar-refractivity contribution in [3.8, 4) is 11.5 Å². The van der Waals surface area contributed by atoms with Crippen molar-refractivity contribution in [1.82, 2.24) is 0 Å². The van der Waals surface area contributed by atoms with Gasteiger partial charge in [0.05, 0.1) is 26.5 Å². The predicted molar refractivity (Wildman–Crippen MR) is 71.0 cm³/mol. The lowest BCUT2D eigenvalue weighted by molar-refractivity contribution is 0.145. The molecular formula is C13H18N2O4. The highest BCUT2D eigenvalue weighted by Crippen LogP contribution is 2.36. The van der Waals surface area contributed by atoms with Gasteiger partial charge in [-0.25, -0.2) is 4.79 Å². The third kappa shape index (κ3) is 2.44. The molecule has 1 saturated heterocycles. The van der Waals surface area contributed by atoms with Crippen LogP contribution in [0.4, 0.5) is 10.5 Å². The quantitative estimate of drug-likeness (QED) is 0.889. The van der Waals surface area contributed by atoms with Gasteiger partial charge in [0.2, 0.25) is 0 Å². The van der Waals surface area contributed by atoms with Crippen LogP contribution in [0.3, 0.4) is 0 Å². The van der Waals surface area contributed by atoms with Gasteiger partial charge < -0.3 is 19.9 Å². The SMILES string of the molecule is COc1cc(N2CC(CN)OC2=O)c(OC)cc1C. The van der Waals surface area contributed by atoms with Crippen molar-refractivity contribution in [2.24, 2.45) is 5.73 Å². The molecule has 0 aliphatic carbocycles. The van der Waals surface area contributed by atoms with Gasteiger partial charge in [0.25, 0.3) is 0 Å². The minimum absolute atomic E-state index is 0.287. The minimum atomic E-state index is -0.417. The summed E-state index contributed by atoms with van der Waals surface area (Å²) in [5, 5.41) is 0. The number of cyclic esters (lactones) is 1. The van der Waals surface area contributed by atoms with Crippen molar-refractivity contribution in [3.05, 3.63) is 17.7 Å². The summed E-state index contributed by atoms with van der Waals surface area (Å²) in [6.45, 7) is 2.63. The molecule has 19 heavy (non-hydrogen) atoms. The van der Waals surface area contributed by atoms with E-state index in [0.29, 0.717) is 30.3 Å². The van der Waals surface area contributed by atoms with Gasteiger partial charge in [-0.3, -0.25) is 4.90 Å². The van der Waals surface area contributed by atoms with Crippen LogP contribution >= 0.6 is 0 Å². The molecule has 104 valence electrons. The normalized spacial score (nSPS) is 18.4. The average Bonchev–Trinajstić information content (AvgIpc) is 2.79. The first-order valence-corrected chi connectivity index (χ1v) is 6.01. The smallest absolute Gasteiger partial charge is 0.414 e. The number of ether oxygens (including phenoxy) is 3. The van der Waals surface area contributed by atoms with Gasteiger partial charge in [-0.05, 0) is 18.6 Å². The van der Waals surface area contributed by atoms with E-state index in [0.717, 1.165) is 5.56 Å². The number of hydrogen-bond acceptors (Lipinski definition) is 5. The number of amides is 1. The van der Waals surface area contributed by atoms with E-state index in [1.165, 1.54) is 4.90 Å². The summed E-state index contributed by atoms with van der Waals surface area (Å²) < 4.78 is 15.7. The highest BCUT2D eigenvalue weighted by Gasteiger charge is 2.33. The number of carbonyl (C=O) groups excluding carboxylic acids is 1. The first-order chi connectivity index (χ1) is 9.10. The van der Waals surface area contributed by atoms with Crippen molar-refractivity contribution in [2.45, 2.75) is 13.0 Å². The van der Waals surface area contributed by atoms with Crippen LogP contribution in [0.25, 0.3) is 0 Å². The number of anilines is 1. The van der Waals surface area contributed by atoms with Crippen LogP contribution in [0.5, 0.6) is 11.5 Å². The van der Waals surface area contributed by atoms with Gasteiger partial charge >= 0.3 is 6.09 Å². The summed E-state index contributed by atoms with van der Waals surface area (Å²) >= 11 is 0. The number of methoxy groups -OCH3 is 2. The third-order valence-electron chi connectivity index (χ3n) is 3.12. The third-order valence-corrected chi connectivity index (χ3v) is 3.12. The molecule has 1 aliphatic heterocycles. The monoisotopic (exact) mass is 266 g/mol. The Bertz CT molecular complexity index is 490. The minimum Gasteiger partial charge on any atom is -0.496 e. The molecule has 6 nitrogen and oxygen atoms in total. The Morgan fingerprint density at radius 2 is 2.05 bits per heavy atom. The van der Waals surface area contributed by atoms with Crippen LogP contribution in [0, 0.1) is 6.92 Å². The van der Waals surface area contributed by atoms with Gasteiger partial charge in [0, 0.05) is 12.6 Å². The van der Waals surface area contributed by atoms with E-state index < -0.39 is 6.09 Å². The van der Waals surface area contributed by atoms with E-state index in [2.05, 4.69) is 0 Å². The molecule has 1 atom stereocenters. The van der Waals surface area contributed by atoms with E-state index in [1.807, 2.05) is 13.0 Å². The summed E-state index contributed by atoms with van der Waals surface area (Å²) in [6.07, 6.45) is -0.704. The molecule has 0 bridgehead atoms. The second kappa shape index (κ2) is 5.36. The van der Waals surface area contributed by atoms with E-state index in [-0.39, 0.29) is 6.10 Å². The van der Waals surface area contributed by atoms with Crippen molar-refractivity contribution < 1.29 is 19.0 Å². The topological polar surface area (TPSA) is 74.0 Å². The predicted octanol–water partition coefficient (Wildman–Crippen LogP) is 1.30. The molecule has 1 amide bonds. The maximum Gasteiger partial charge on any atom is 0.414 e. The zero-order valence-corrected chi connectivity index (χ0v) is 11.3. The lowest BCUT2D eigenvalue weighted by atomic mass is 10.1. The molecule has 6 heteroatoms. The van der Waals surface area contributed by atoms with Crippen molar-refractivity contribution >= 4 is 11.8 Å². The van der Waals surface area contributed by atoms with Crippen molar-refractivity contribution in [3.63, 3.8) is 0 Å². The average molecular weight is 266 g/mol. The van der Waals surface area contributed by atoms with E-state index in [4.69, 9.17) is 19.9 Å². The van der Waals surface area contributed by atoms with Crippen LogP contribution in [-0.4, -0.2) is 39.5 Å². The van der Waals surface area contributed by atoms with E-state index >= 15 is 0 Å². The van der Waals surface area contributed by atoms with Crippen molar-refractivity contribution in [1.29, 1.82) is 0 Å². The highest BCUT2D eigenvalue weighted by atomic mass is 16.6. The van der Waals surface area contributed by atoms with E-state index in [1.54, 1.807) is 20.3 Å². The Labute approximate surface area is 112 Å². The number of nitrogens with two attached hydrogens (primary N) is 1. The van der Waals surface area contributed by atoms with Crippen LogP contribution in [-0.2, 0) is 4.74 Å². The summed E-state index contributed by atoms with van der Waals surface area (Å²) in [4.78, 5) is 13.4. The second-order valence-corrected chi connectivity index (χ2v) is 4.35. The second-order valence-electron chi connectivity index (χ2n) is 4.35. The molecule has 1 aromatic carbocycles.